The first-order valence-corrected chi connectivity index (χ1v) is 6.90. The van der Waals surface area contributed by atoms with Crippen LogP contribution < -0.4 is 5.32 Å². The summed E-state index contributed by atoms with van der Waals surface area (Å²) in [6, 6.07) is 11.1. The second-order valence-electron chi connectivity index (χ2n) is 5.22. The predicted molar refractivity (Wildman–Crippen MR) is 78.9 cm³/mol. The van der Waals surface area contributed by atoms with Gasteiger partial charge in [-0.25, -0.2) is 0 Å². The van der Waals surface area contributed by atoms with Gasteiger partial charge in [-0.15, -0.1) is 0 Å². The number of hydrogen-bond donors (Lipinski definition) is 1. The zero-order valence-electron chi connectivity index (χ0n) is 12.0. The number of hydrogen-bond acceptors (Lipinski definition) is 2. The van der Waals surface area contributed by atoms with Crippen LogP contribution in [-0.2, 0) is 13.5 Å². The van der Waals surface area contributed by atoms with Crippen LogP contribution in [0, 0.1) is 5.92 Å². The lowest BCUT2D eigenvalue weighted by Crippen LogP contribution is -2.23. The first-order chi connectivity index (χ1) is 9.20. The van der Waals surface area contributed by atoms with Gasteiger partial charge in [0.05, 0.1) is 6.20 Å². The highest BCUT2D eigenvalue weighted by Crippen LogP contribution is 2.25. The molecule has 1 N–H and O–H groups in total. The van der Waals surface area contributed by atoms with Gasteiger partial charge >= 0.3 is 0 Å². The molecule has 0 bridgehead atoms. The largest absolute Gasteiger partial charge is 0.313 e. The summed E-state index contributed by atoms with van der Waals surface area (Å²) in [6.45, 7) is 2.31. The van der Waals surface area contributed by atoms with Gasteiger partial charge in [0.2, 0.25) is 0 Å². The van der Waals surface area contributed by atoms with Crippen LogP contribution in [0.1, 0.15) is 30.5 Å². The van der Waals surface area contributed by atoms with Gasteiger partial charge in [-0.1, -0.05) is 37.3 Å². The molecule has 0 aliphatic heterocycles. The van der Waals surface area contributed by atoms with E-state index in [0.717, 1.165) is 12.8 Å². The van der Waals surface area contributed by atoms with E-state index in [2.05, 4.69) is 53.9 Å². The number of rotatable bonds is 6. The summed E-state index contributed by atoms with van der Waals surface area (Å²) in [4.78, 5) is 0. The molecule has 0 aliphatic rings. The van der Waals surface area contributed by atoms with Crippen molar-refractivity contribution < 1.29 is 0 Å². The predicted octanol–water partition coefficient (Wildman–Crippen LogP) is 2.95. The van der Waals surface area contributed by atoms with E-state index >= 15 is 0 Å². The maximum Gasteiger partial charge on any atom is 0.0521 e. The third kappa shape index (κ3) is 3.67. The molecule has 0 aliphatic carbocycles. The van der Waals surface area contributed by atoms with Crippen LogP contribution >= 0.6 is 0 Å². The lowest BCUT2D eigenvalue weighted by atomic mass is 9.90. The van der Waals surface area contributed by atoms with Gasteiger partial charge in [0.1, 0.15) is 0 Å². The molecule has 2 atom stereocenters. The molecule has 0 spiro atoms. The molecule has 19 heavy (non-hydrogen) atoms. The number of aryl methyl sites for hydroxylation is 2. The van der Waals surface area contributed by atoms with Gasteiger partial charge in [-0.3, -0.25) is 4.68 Å². The van der Waals surface area contributed by atoms with E-state index in [1.54, 1.807) is 0 Å². The molecule has 0 saturated heterocycles. The summed E-state index contributed by atoms with van der Waals surface area (Å²) in [7, 11) is 4.01. The van der Waals surface area contributed by atoms with Crippen LogP contribution in [0.2, 0.25) is 0 Å². The highest BCUT2D eigenvalue weighted by atomic mass is 15.2. The van der Waals surface area contributed by atoms with Crippen LogP contribution in [0.3, 0.4) is 0 Å². The molecule has 0 amide bonds. The van der Waals surface area contributed by atoms with Crippen molar-refractivity contribution >= 4 is 0 Å². The Kier molecular flexibility index (Phi) is 4.74. The van der Waals surface area contributed by atoms with Crippen molar-refractivity contribution in [2.45, 2.75) is 25.8 Å². The monoisotopic (exact) mass is 257 g/mol. The van der Waals surface area contributed by atoms with Crippen molar-refractivity contribution in [3.63, 3.8) is 0 Å². The lowest BCUT2D eigenvalue weighted by Gasteiger charge is -2.24. The molecule has 102 valence electrons. The molecular formula is C16H23N3. The van der Waals surface area contributed by atoms with E-state index in [-0.39, 0.29) is 0 Å². The normalized spacial score (nSPS) is 14.3. The van der Waals surface area contributed by atoms with Crippen molar-refractivity contribution in [2.75, 3.05) is 7.05 Å². The van der Waals surface area contributed by atoms with Crippen LogP contribution in [0.5, 0.6) is 0 Å². The minimum atomic E-state index is 0.415. The zero-order valence-corrected chi connectivity index (χ0v) is 12.0. The Hall–Kier alpha value is -1.61. The third-order valence-corrected chi connectivity index (χ3v) is 3.69. The minimum absolute atomic E-state index is 0.415. The third-order valence-electron chi connectivity index (χ3n) is 3.69. The van der Waals surface area contributed by atoms with Crippen molar-refractivity contribution in [2.24, 2.45) is 13.0 Å². The molecule has 1 aromatic heterocycles. The quantitative estimate of drug-likeness (QED) is 0.862. The Balaban J connectivity index is 1.95. The SMILES string of the molecule is CNC(c1ccccc1)C(C)CCc1cnn(C)c1. The van der Waals surface area contributed by atoms with Gasteiger partial charge in [-0.05, 0) is 36.9 Å². The number of nitrogens with zero attached hydrogens (tertiary/aromatic N) is 2. The van der Waals surface area contributed by atoms with Crippen molar-refractivity contribution in [1.29, 1.82) is 0 Å². The Morgan fingerprint density at radius 3 is 2.58 bits per heavy atom. The number of aromatic nitrogens is 2. The van der Waals surface area contributed by atoms with Crippen molar-refractivity contribution in [3.8, 4) is 0 Å². The second-order valence-corrected chi connectivity index (χ2v) is 5.22. The second kappa shape index (κ2) is 6.53. The van der Waals surface area contributed by atoms with E-state index in [0.29, 0.717) is 12.0 Å². The fourth-order valence-electron chi connectivity index (χ4n) is 2.60. The van der Waals surface area contributed by atoms with Crippen molar-refractivity contribution in [3.05, 3.63) is 53.9 Å². The van der Waals surface area contributed by atoms with Gasteiger partial charge < -0.3 is 5.32 Å². The number of nitrogens with one attached hydrogen (secondary N) is 1. The molecule has 1 heterocycles. The van der Waals surface area contributed by atoms with Crippen LogP contribution in [-0.4, -0.2) is 16.8 Å². The fraction of sp³-hybridized carbons (Fsp3) is 0.438. The highest BCUT2D eigenvalue weighted by Gasteiger charge is 2.17. The topological polar surface area (TPSA) is 29.9 Å². The fourth-order valence-corrected chi connectivity index (χ4v) is 2.60. The Labute approximate surface area is 115 Å². The van der Waals surface area contributed by atoms with Gasteiger partial charge in [-0.2, -0.15) is 5.10 Å². The van der Waals surface area contributed by atoms with Crippen LogP contribution in [0.15, 0.2) is 42.7 Å². The molecule has 3 nitrogen and oxygen atoms in total. The first-order valence-electron chi connectivity index (χ1n) is 6.90. The molecule has 0 saturated carbocycles. The van der Waals surface area contributed by atoms with E-state index < -0.39 is 0 Å². The van der Waals surface area contributed by atoms with Gasteiger partial charge in [0, 0.05) is 19.3 Å². The molecule has 2 aromatic rings. The molecule has 0 radical (unpaired) electrons. The maximum absolute atomic E-state index is 4.22. The summed E-state index contributed by atoms with van der Waals surface area (Å²) in [5.41, 5.74) is 2.68. The Morgan fingerprint density at radius 2 is 2.00 bits per heavy atom. The zero-order chi connectivity index (χ0) is 13.7. The summed E-state index contributed by atoms with van der Waals surface area (Å²) in [6.07, 6.45) is 6.30. The Bertz CT molecular complexity index is 490. The average molecular weight is 257 g/mol. The standard InChI is InChI=1S/C16H23N3/c1-13(9-10-14-11-18-19(3)12-14)16(17-2)15-7-5-4-6-8-15/h4-8,11-13,16-17H,9-10H2,1-3H3. The Morgan fingerprint density at radius 1 is 1.26 bits per heavy atom. The van der Waals surface area contributed by atoms with Crippen LogP contribution in [0.25, 0.3) is 0 Å². The molecular weight excluding hydrogens is 234 g/mol. The van der Waals surface area contributed by atoms with E-state index in [9.17, 15) is 0 Å². The van der Waals surface area contributed by atoms with E-state index in [1.165, 1.54) is 11.1 Å². The van der Waals surface area contributed by atoms with E-state index in [4.69, 9.17) is 0 Å². The first kappa shape index (κ1) is 13.8. The highest BCUT2D eigenvalue weighted by molar-refractivity contribution is 5.19. The smallest absolute Gasteiger partial charge is 0.0521 e. The summed E-state index contributed by atoms with van der Waals surface area (Å²) >= 11 is 0. The van der Waals surface area contributed by atoms with Gasteiger partial charge in [0.25, 0.3) is 0 Å². The minimum Gasteiger partial charge on any atom is -0.313 e. The molecule has 0 fully saturated rings. The molecule has 1 aromatic carbocycles. The van der Waals surface area contributed by atoms with E-state index in [1.807, 2.05) is 25.0 Å². The van der Waals surface area contributed by atoms with Gasteiger partial charge in [0.15, 0.2) is 0 Å². The maximum atomic E-state index is 4.22. The van der Waals surface area contributed by atoms with Crippen molar-refractivity contribution in [1.82, 2.24) is 15.1 Å². The lowest BCUT2D eigenvalue weighted by molar-refractivity contribution is 0.387. The summed E-state index contributed by atoms with van der Waals surface area (Å²) in [5.74, 6) is 0.590. The van der Waals surface area contributed by atoms with Crippen LogP contribution in [0.4, 0.5) is 0 Å². The molecule has 2 rings (SSSR count). The summed E-state index contributed by atoms with van der Waals surface area (Å²) in [5, 5.41) is 7.66. The molecule has 3 heteroatoms. The number of benzene rings is 1. The molecule has 2 unspecified atom stereocenters. The summed E-state index contributed by atoms with van der Waals surface area (Å²) < 4.78 is 1.87. The average Bonchev–Trinajstić information content (AvgIpc) is 2.84.